The highest BCUT2D eigenvalue weighted by Gasteiger charge is 1.94. The van der Waals surface area contributed by atoms with Crippen LogP contribution in [0.5, 0.6) is 0 Å². The van der Waals surface area contributed by atoms with Gasteiger partial charge in [0.15, 0.2) is 0 Å². The Bertz CT molecular complexity index is 495. The predicted molar refractivity (Wildman–Crippen MR) is 97.8 cm³/mol. The number of nitriles is 2. The highest BCUT2D eigenvalue weighted by Crippen LogP contribution is 1.98. The van der Waals surface area contributed by atoms with Crippen molar-refractivity contribution in [1.29, 1.82) is 10.5 Å². The van der Waals surface area contributed by atoms with Crippen LogP contribution in [0.2, 0.25) is 0 Å². The zero-order valence-electron chi connectivity index (χ0n) is 14.2. The molecule has 1 heterocycles. The van der Waals surface area contributed by atoms with Crippen LogP contribution in [0.4, 0.5) is 0 Å². The molecule has 0 saturated heterocycles. The van der Waals surface area contributed by atoms with E-state index in [4.69, 9.17) is 10.5 Å². The number of rotatable bonds is 0. The van der Waals surface area contributed by atoms with Crippen molar-refractivity contribution < 1.29 is 0 Å². The average molecular weight is 326 g/mol. The van der Waals surface area contributed by atoms with Gasteiger partial charge in [0.2, 0.25) is 0 Å². The molecule has 0 atom stereocenters. The number of aliphatic imine (C=N–C) groups is 2. The first-order chi connectivity index (χ1) is 11.9. The standard InChI is InChI=1S/C18H26N6/c19-11-17-13-21-7-3-1-4-8-22-14-18(12-20)16-24-10-6-2-5-9-23-15-17/h13-16,21,24H,1-10H2/b17-13-,18-16-,22-14?,23-15?. The molecule has 0 saturated carbocycles. The van der Waals surface area contributed by atoms with Crippen LogP contribution in [0.3, 0.4) is 0 Å². The van der Waals surface area contributed by atoms with Crippen molar-refractivity contribution in [2.75, 3.05) is 26.2 Å². The molecule has 128 valence electrons. The number of allylic oxidation sites excluding steroid dienone is 2. The van der Waals surface area contributed by atoms with Crippen LogP contribution in [0.1, 0.15) is 38.5 Å². The van der Waals surface area contributed by atoms with Gasteiger partial charge in [0, 0.05) is 51.0 Å². The Kier molecular flexibility index (Phi) is 11.4. The van der Waals surface area contributed by atoms with Crippen molar-refractivity contribution >= 4 is 12.4 Å². The lowest BCUT2D eigenvalue weighted by atomic mass is 10.2. The minimum absolute atomic E-state index is 0.560. The molecule has 6 nitrogen and oxygen atoms in total. The van der Waals surface area contributed by atoms with E-state index in [0.717, 1.165) is 64.7 Å². The van der Waals surface area contributed by atoms with Crippen molar-refractivity contribution in [2.24, 2.45) is 9.98 Å². The molecule has 0 aromatic rings. The van der Waals surface area contributed by atoms with E-state index in [1.54, 1.807) is 24.8 Å². The SMILES string of the molecule is N#C/C1=C/NCCCCCN=C/C(C#N)=C\NCCCCCN=C1. The maximum atomic E-state index is 9.04. The number of hydrogen-bond donors (Lipinski definition) is 2. The molecule has 0 amide bonds. The third-order valence-corrected chi connectivity index (χ3v) is 3.45. The average Bonchev–Trinajstić information content (AvgIpc) is 2.60. The summed E-state index contributed by atoms with van der Waals surface area (Å²) < 4.78 is 0. The van der Waals surface area contributed by atoms with Crippen molar-refractivity contribution in [1.82, 2.24) is 10.6 Å². The summed E-state index contributed by atoms with van der Waals surface area (Å²) in [5.41, 5.74) is 1.12. The molecular weight excluding hydrogens is 300 g/mol. The van der Waals surface area contributed by atoms with E-state index in [-0.39, 0.29) is 0 Å². The van der Waals surface area contributed by atoms with Gasteiger partial charge in [0.1, 0.15) is 12.1 Å². The summed E-state index contributed by atoms with van der Waals surface area (Å²) in [6.45, 7) is 3.11. The van der Waals surface area contributed by atoms with Gasteiger partial charge in [0.05, 0.1) is 11.1 Å². The van der Waals surface area contributed by atoms with E-state index >= 15 is 0 Å². The lowest BCUT2D eigenvalue weighted by Crippen LogP contribution is -2.09. The molecule has 1 aliphatic heterocycles. The molecule has 1 rings (SSSR count). The van der Waals surface area contributed by atoms with Crippen LogP contribution in [0.25, 0.3) is 0 Å². The van der Waals surface area contributed by atoms with Crippen LogP contribution in [-0.2, 0) is 0 Å². The summed E-state index contributed by atoms with van der Waals surface area (Å²) >= 11 is 0. The lowest BCUT2D eigenvalue weighted by Gasteiger charge is -2.02. The fraction of sp³-hybridized carbons (Fsp3) is 0.556. The molecule has 1 aliphatic rings. The third-order valence-electron chi connectivity index (χ3n) is 3.45. The van der Waals surface area contributed by atoms with E-state index in [1.807, 2.05) is 0 Å². The van der Waals surface area contributed by atoms with Crippen LogP contribution >= 0.6 is 0 Å². The summed E-state index contributed by atoms with van der Waals surface area (Å²) in [6.07, 6.45) is 12.9. The van der Waals surface area contributed by atoms with E-state index in [9.17, 15) is 0 Å². The van der Waals surface area contributed by atoms with Gasteiger partial charge in [0.25, 0.3) is 0 Å². The Labute approximate surface area is 144 Å². The largest absolute Gasteiger partial charge is 0.390 e. The maximum absolute atomic E-state index is 9.04. The minimum Gasteiger partial charge on any atom is -0.390 e. The van der Waals surface area contributed by atoms with Crippen molar-refractivity contribution in [3.05, 3.63) is 23.5 Å². The van der Waals surface area contributed by atoms with Crippen LogP contribution < -0.4 is 10.6 Å². The second-order valence-electron chi connectivity index (χ2n) is 5.52. The molecule has 0 aliphatic carbocycles. The molecule has 0 aromatic heterocycles. The van der Waals surface area contributed by atoms with E-state index in [2.05, 4.69) is 32.8 Å². The summed E-state index contributed by atoms with van der Waals surface area (Å²) in [5, 5.41) is 24.4. The van der Waals surface area contributed by atoms with Gasteiger partial charge in [-0.1, -0.05) is 0 Å². The zero-order valence-corrected chi connectivity index (χ0v) is 14.2. The third kappa shape index (κ3) is 10.2. The quantitative estimate of drug-likeness (QED) is 0.714. The smallest absolute Gasteiger partial charge is 0.102 e. The molecule has 0 spiro atoms. The summed E-state index contributed by atoms with van der Waals surface area (Å²) in [7, 11) is 0. The normalized spacial score (nSPS) is 23.1. The lowest BCUT2D eigenvalue weighted by molar-refractivity contribution is 0.660. The van der Waals surface area contributed by atoms with Gasteiger partial charge < -0.3 is 10.6 Å². The molecule has 24 heavy (non-hydrogen) atoms. The van der Waals surface area contributed by atoms with Gasteiger partial charge >= 0.3 is 0 Å². The van der Waals surface area contributed by atoms with Gasteiger partial charge in [-0.2, -0.15) is 10.5 Å². The van der Waals surface area contributed by atoms with Crippen molar-refractivity contribution in [3.63, 3.8) is 0 Å². The Morgan fingerprint density at radius 2 is 1.17 bits per heavy atom. The molecule has 0 bridgehead atoms. The monoisotopic (exact) mass is 326 g/mol. The number of hydrogen-bond acceptors (Lipinski definition) is 6. The molecule has 0 unspecified atom stereocenters. The van der Waals surface area contributed by atoms with Crippen molar-refractivity contribution in [3.8, 4) is 12.1 Å². The zero-order chi connectivity index (χ0) is 17.3. The van der Waals surface area contributed by atoms with Crippen LogP contribution in [-0.4, -0.2) is 38.6 Å². The highest BCUT2D eigenvalue weighted by atomic mass is 14.8. The highest BCUT2D eigenvalue weighted by molar-refractivity contribution is 5.83. The Morgan fingerprint density at radius 1 is 0.708 bits per heavy atom. The summed E-state index contributed by atoms with van der Waals surface area (Å²) in [4.78, 5) is 8.58. The second-order valence-corrected chi connectivity index (χ2v) is 5.52. The molecule has 6 heteroatoms. The Morgan fingerprint density at radius 3 is 1.58 bits per heavy atom. The van der Waals surface area contributed by atoms with E-state index in [0.29, 0.717) is 11.1 Å². The second kappa shape index (κ2) is 14.0. The fourth-order valence-electron chi connectivity index (χ4n) is 2.10. The maximum Gasteiger partial charge on any atom is 0.102 e. The first-order valence-corrected chi connectivity index (χ1v) is 8.54. The minimum atomic E-state index is 0.560. The first-order valence-electron chi connectivity index (χ1n) is 8.54. The summed E-state index contributed by atoms with van der Waals surface area (Å²) in [6, 6.07) is 4.27. The van der Waals surface area contributed by atoms with Gasteiger partial charge in [-0.25, -0.2) is 0 Å². The van der Waals surface area contributed by atoms with E-state index < -0.39 is 0 Å². The van der Waals surface area contributed by atoms with Crippen LogP contribution in [0.15, 0.2) is 33.5 Å². The van der Waals surface area contributed by atoms with Crippen LogP contribution in [0, 0.1) is 22.7 Å². The van der Waals surface area contributed by atoms with Gasteiger partial charge in [-0.05, 0) is 38.5 Å². The molecule has 0 aromatic carbocycles. The molecule has 0 radical (unpaired) electrons. The number of nitrogens with zero attached hydrogens (tertiary/aromatic N) is 4. The molecule has 0 fully saturated rings. The Balaban J connectivity index is 2.50. The molecular formula is C18H26N6. The predicted octanol–water partition coefficient (Wildman–Crippen LogP) is 2.48. The van der Waals surface area contributed by atoms with Gasteiger partial charge in [-0.15, -0.1) is 0 Å². The van der Waals surface area contributed by atoms with Gasteiger partial charge in [-0.3, -0.25) is 9.98 Å². The number of nitrogens with one attached hydrogen (secondary N) is 2. The van der Waals surface area contributed by atoms with E-state index in [1.165, 1.54) is 0 Å². The fourth-order valence-corrected chi connectivity index (χ4v) is 2.10. The molecule has 2 N–H and O–H groups in total. The first kappa shape index (κ1) is 19.4. The summed E-state index contributed by atoms with van der Waals surface area (Å²) in [5.74, 6) is 0. The topological polar surface area (TPSA) is 96.4 Å². The van der Waals surface area contributed by atoms with Crippen molar-refractivity contribution in [2.45, 2.75) is 38.5 Å². The Hall–Kier alpha value is -2.60.